The Labute approximate surface area is 318 Å². The molecule has 1 aliphatic heterocycles. The lowest BCUT2D eigenvalue weighted by molar-refractivity contribution is 0.0981. The number of hydrogen-bond donors (Lipinski definition) is 2. The van der Waals surface area contributed by atoms with Crippen LogP contribution in [0.3, 0.4) is 0 Å². The van der Waals surface area contributed by atoms with E-state index in [1.807, 2.05) is 30.8 Å². The first-order chi connectivity index (χ1) is 25.7. The molecule has 0 radical (unpaired) electrons. The molecule has 274 valence electrons. The minimum absolute atomic E-state index is 0.0631. The quantitative estimate of drug-likeness (QED) is 0.141. The van der Waals surface area contributed by atoms with Crippen LogP contribution >= 0.6 is 11.8 Å². The molecule has 4 aromatic carbocycles. The fourth-order valence-electron chi connectivity index (χ4n) is 7.27. The second-order valence-corrected chi connectivity index (χ2v) is 16.9. The number of carbonyl (C=O) groups is 1. The van der Waals surface area contributed by atoms with Gasteiger partial charge in [-0.3, -0.25) is 9.69 Å². The summed E-state index contributed by atoms with van der Waals surface area (Å²) in [6.45, 7) is 9.22. The number of rotatable bonds is 12. The maximum absolute atomic E-state index is 13.2. The van der Waals surface area contributed by atoms with Crippen LogP contribution in [0.1, 0.15) is 57.4 Å². The molecule has 0 spiro atoms. The third-order valence-corrected chi connectivity index (χ3v) is 12.6. The van der Waals surface area contributed by atoms with E-state index < -0.39 is 15.9 Å². The number of piperazine rings is 1. The maximum atomic E-state index is 13.2. The van der Waals surface area contributed by atoms with Gasteiger partial charge in [-0.1, -0.05) is 72.3 Å². The summed E-state index contributed by atoms with van der Waals surface area (Å²) in [7, 11) is -4.04. The van der Waals surface area contributed by atoms with Crippen LogP contribution < -0.4 is 14.9 Å². The molecule has 1 amide bonds. The van der Waals surface area contributed by atoms with Crippen molar-refractivity contribution in [2.45, 2.75) is 51.0 Å². The van der Waals surface area contributed by atoms with Crippen LogP contribution in [-0.4, -0.2) is 57.7 Å². The molecule has 0 atom stereocenters. The summed E-state index contributed by atoms with van der Waals surface area (Å²) in [5.74, 6) is 0.262. The third kappa shape index (κ3) is 8.98. The minimum atomic E-state index is -4.04. The number of fused-ring (bicyclic) bond motifs is 1. The number of aryl methyl sites for hydroxylation is 3. The van der Waals surface area contributed by atoms with Gasteiger partial charge in [-0.25, -0.2) is 13.1 Å². The lowest BCUT2D eigenvalue weighted by Crippen LogP contribution is -2.46. The molecule has 0 saturated carbocycles. The topological polar surface area (TPSA) is 81.8 Å². The van der Waals surface area contributed by atoms with Crippen LogP contribution in [0.25, 0.3) is 17.2 Å². The molecule has 9 heteroatoms. The van der Waals surface area contributed by atoms with E-state index in [2.05, 4.69) is 93.5 Å². The molecule has 1 fully saturated rings. The number of amides is 1. The molecular formula is C44H48N4O3S2. The Morgan fingerprint density at radius 3 is 2.34 bits per heavy atom. The maximum Gasteiger partial charge on any atom is 0.264 e. The number of anilines is 2. The van der Waals surface area contributed by atoms with E-state index in [1.54, 1.807) is 30.3 Å². The van der Waals surface area contributed by atoms with Crippen LogP contribution in [0.4, 0.5) is 11.4 Å². The fraction of sp³-hybridized carbons (Fsp3) is 0.295. The molecule has 1 saturated heterocycles. The number of nitrogens with one attached hydrogen (secondary N) is 2. The zero-order chi connectivity index (χ0) is 36.8. The molecule has 7 nitrogen and oxygen atoms in total. The van der Waals surface area contributed by atoms with Gasteiger partial charge in [-0.05, 0) is 115 Å². The number of carbonyl (C=O) groups excluding carboxylic acids is 1. The van der Waals surface area contributed by atoms with Gasteiger partial charge in [0.25, 0.3) is 15.9 Å². The SMILES string of the molecule is Cc1ccc(-c2c(CN3CCN(c4ccc(C(=O)NS(=O)(=O)c5ccc(NCCSC6=CCCC=C6)c(C)c5)cc4)CC3)ccc3c2C=CCC3)cc1. The van der Waals surface area contributed by atoms with Crippen molar-refractivity contribution in [2.75, 3.05) is 48.7 Å². The first-order valence-electron chi connectivity index (χ1n) is 18.6. The zero-order valence-corrected chi connectivity index (χ0v) is 32.2. The third-order valence-electron chi connectivity index (χ3n) is 10.3. The lowest BCUT2D eigenvalue weighted by Gasteiger charge is -2.36. The number of sulfonamides is 1. The predicted octanol–water partition coefficient (Wildman–Crippen LogP) is 8.75. The van der Waals surface area contributed by atoms with Crippen molar-refractivity contribution in [3.8, 4) is 11.1 Å². The lowest BCUT2D eigenvalue weighted by atomic mass is 9.86. The molecule has 1 heterocycles. The highest BCUT2D eigenvalue weighted by Crippen LogP contribution is 2.35. The summed E-state index contributed by atoms with van der Waals surface area (Å²) >= 11 is 1.81. The van der Waals surface area contributed by atoms with Crippen molar-refractivity contribution >= 4 is 45.1 Å². The number of hydrogen-bond acceptors (Lipinski definition) is 7. The van der Waals surface area contributed by atoms with Crippen molar-refractivity contribution < 1.29 is 13.2 Å². The van der Waals surface area contributed by atoms with Gasteiger partial charge < -0.3 is 10.2 Å². The molecule has 0 unspecified atom stereocenters. The van der Waals surface area contributed by atoms with Gasteiger partial charge >= 0.3 is 0 Å². The summed E-state index contributed by atoms with van der Waals surface area (Å²) in [6, 6.07) is 25.7. The van der Waals surface area contributed by atoms with E-state index in [0.29, 0.717) is 5.56 Å². The van der Waals surface area contributed by atoms with Gasteiger partial charge in [-0.15, -0.1) is 11.8 Å². The normalized spacial score (nSPS) is 15.9. The standard InChI is InChI=1S/C44H48N4O3S2/c1-32-12-14-35(15-13-32)43-37(17-16-34-8-6-7-11-41(34)43)31-47-25-27-48(28-26-47)38-20-18-36(19-21-38)44(49)46-53(50,51)40-22-23-42(33(2)30-40)45-24-29-52-39-9-4-3-5-10-39/h4,7,9-23,30,45H,3,5-6,8,24-29,31H2,1-2H3,(H,46,49). The molecule has 7 rings (SSSR count). The monoisotopic (exact) mass is 744 g/mol. The summed E-state index contributed by atoms with van der Waals surface area (Å²) in [4.78, 5) is 19.3. The number of benzene rings is 4. The Balaban J connectivity index is 0.927. The van der Waals surface area contributed by atoms with Crippen molar-refractivity contribution in [3.63, 3.8) is 0 Å². The van der Waals surface area contributed by atoms with E-state index in [0.717, 1.165) is 87.6 Å². The molecular weight excluding hydrogens is 697 g/mol. The summed E-state index contributed by atoms with van der Waals surface area (Å²) in [5, 5.41) is 3.40. The molecule has 0 bridgehead atoms. The van der Waals surface area contributed by atoms with Gasteiger partial charge in [0.2, 0.25) is 0 Å². The Bertz CT molecular complexity index is 2150. The van der Waals surface area contributed by atoms with Crippen LogP contribution in [0, 0.1) is 13.8 Å². The van der Waals surface area contributed by atoms with Crippen LogP contribution in [-0.2, 0) is 23.0 Å². The second-order valence-electron chi connectivity index (χ2n) is 14.1. The molecule has 0 aromatic heterocycles. The summed E-state index contributed by atoms with van der Waals surface area (Å²) < 4.78 is 28.6. The van der Waals surface area contributed by atoms with Crippen LogP contribution in [0.5, 0.6) is 0 Å². The summed E-state index contributed by atoms with van der Waals surface area (Å²) in [6.07, 6.45) is 15.6. The first-order valence-corrected chi connectivity index (χ1v) is 21.1. The zero-order valence-electron chi connectivity index (χ0n) is 30.6. The average Bonchev–Trinajstić information content (AvgIpc) is 3.18. The van der Waals surface area contributed by atoms with Gasteiger partial charge in [0.05, 0.1) is 4.90 Å². The van der Waals surface area contributed by atoms with Gasteiger partial charge in [0, 0.05) is 66.9 Å². The van der Waals surface area contributed by atoms with Crippen LogP contribution in [0.2, 0.25) is 0 Å². The smallest absolute Gasteiger partial charge is 0.264 e. The van der Waals surface area contributed by atoms with Gasteiger partial charge in [0.15, 0.2) is 0 Å². The first kappa shape index (κ1) is 36.8. The molecule has 3 aliphatic rings. The summed E-state index contributed by atoms with van der Waals surface area (Å²) in [5.41, 5.74) is 11.0. The van der Waals surface area contributed by atoms with Gasteiger partial charge in [0.1, 0.15) is 0 Å². The molecule has 2 aliphatic carbocycles. The predicted molar refractivity (Wildman–Crippen MR) is 221 cm³/mol. The number of thioether (sulfide) groups is 1. The van der Waals surface area contributed by atoms with E-state index in [-0.39, 0.29) is 4.90 Å². The van der Waals surface area contributed by atoms with Crippen LogP contribution in [0.15, 0.2) is 113 Å². The Morgan fingerprint density at radius 1 is 0.830 bits per heavy atom. The number of allylic oxidation sites excluding steroid dienone is 4. The molecule has 4 aromatic rings. The molecule has 2 N–H and O–H groups in total. The molecule has 53 heavy (non-hydrogen) atoms. The van der Waals surface area contributed by atoms with E-state index in [4.69, 9.17) is 0 Å². The van der Waals surface area contributed by atoms with E-state index in [1.165, 1.54) is 38.3 Å². The average molecular weight is 745 g/mol. The highest BCUT2D eigenvalue weighted by Gasteiger charge is 2.23. The van der Waals surface area contributed by atoms with Crippen molar-refractivity contribution in [1.82, 2.24) is 9.62 Å². The van der Waals surface area contributed by atoms with E-state index in [9.17, 15) is 13.2 Å². The number of nitrogens with zero attached hydrogens (tertiary/aromatic N) is 2. The minimum Gasteiger partial charge on any atom is -0.384 e. The highest BCUT2D eigenvalue weighted by atomic mass is 32.2. The van der Waals surface area contributed by atoms with Crippen molar-refractivity contribution in [2.24, 2.45) is 0 Å². The van der Waals surface area contributed by atoms with Gasteiger partial charge in [-0.2, -0.15) is 0 Å². The Hall–Kier alpha value is -4.57. The Kier molecular flexibility index (Phi) is 11.5. The van der Waals surface area contributed by atoms with Crippen molar-refractivity contribution in [1.29, 1.82) is 0 Å². The largest absolute Gasteiger partial charge is 0.384 e. The highest BCUT2D eigenvalue weighted by molar-refractivity contribution is 8.03. The second kappa shape index (κ2) is 16.6. The Morgan fingerprint density at radius 2 is 1.60 bits per heavy atom. The fourth-order valence-corrected chi connectivity index (χ4v) is 9.20. The van der Waals surface area contributed by atoms with E-state index >= 15 is 0 Å². The van der Waals surface area contributed by atoms with Crippen molar-refractivity contribution in [3.05, 3.63) is 141 Å².